The molecule has 2 aliphatic rings. The van der Waals surface area contributed by atoms with Crippen LogP contribution in [0.2, 0.25) is 0 Å². The van der Waals surface area contributed by atoms with Gasteiger partial charge in [0.1, 0.15) is 5.82 Å². The van der Waals surface area contributed by atoms with Crippen molar-refractivity contribution in [3.8, 4) is 5.69 Å². The summed E-state index contributed by atoms with van der Waals surface area (Å²) in [5.74, 6) is 1.29. The highest BCUT2D eigenvalue weighted by Crippen LogP contribution is 2.40. The minimum Gasteiger partial charge on any atom is -0.379 e. The van der Waals surface area contributed by atoms with Crippen molar-refractivity contribution in [2.45, 2.75) is 18.8 Å². The molecule has 1 N–H and O–H groups in total. The Morgan fingerprint density at radius 1 is 1.21 bits per heavy atom. The fourth-order valence-corrected chi connectivity index (χ4v) is 2.98. The Balaban J connectivity index is 1.51. The van der Waals surface area contributed by atoms with Gasteiger partial charge in [-0.25, -0.2) is 4.68 Å². The second kappa shape index (κ2) is 6.75. The summed E-state index contributed by atoms with van der Waals surface area (Å²) in [7, 11) is 0. The van der Waals surface area contributed by atoms with Crippen LogP contribution in [0.4, 0.5) is 5.82 Å². The number of morpholine rings is 1. The molecule has 1 saturated heterocycles. The summed E-state index contributed by atoms with van der Waals surface area (Å²) in [5.41, 5.74) is 2.03. The smallest absolute Gasteiger partial charge is 0.239 e. The van der Waals surface area contributed by atoms with E-state index in [0.717, 1.165) is 30.3 Å². The van der Waals surface area contributed by atoms with Crippen molar-refractivity contribution in [3.63, 3.8) is 0 Å². The average molecular weight is 326 g/mol. The van der Waals surface area contributed by atoms with Gasteiger partial charge in [-0.15, -0.1) is 0 Å². The number of carbonyl (C=O) groups is 1. The third-order valence-corrected chi connectivity index (χ3v) is 4.46. The molecule has 2 aromatic rings. The number of ether oxygens (including phenoxy) is 1. The molecular formula is C18H22N4O2. The Kier molecular flexibility index (Phi) is 4.32. The Labute approximate surface area is 141 Å². The standard InChI is InChI=1S/C18H22N4O2/c23-18(13-21-8-10-24-11-9-21)19-17-12-16(14-6-7-14)20-22(17)15-4-2-1-3-5-15/h1-5,12,14H,6-11,13H2,(H,19,23). The number of anilines is 1. The molecule has 4 rings (SSSR count). The van der Waals surface area contributed by atoms with E-state index >= 15 is 0 Å². The van der Waals surface area contributed by atoms with E-state index in [9.17, 15) is 4.79 Å². The topological polar surface area (TPSA) is 59.4 Å². The molecule has 0 bridgehead atoms. The second-order valence-electron chi connectivity index (χ2n) is 6.41. The Hall–Kier alpha value is -2.18. The number of benzene rings is 1. The second-order valence-corrected chi connectivity index (χ2v) is 6.41. The molecule has 0 spiro atoms. The van der Waals surface area contributed by atoms with Crippen molar-refractivity contribution in [1.82, 2.24) is 14.7 Å². The molecule has 2 fully saturated rings. The van der Waals surface area contributed by atoms with Crippen LogP contribution in [0.15, 0.2) is 36.4 Å². The number of hydrogen-bond acceptors (Lipinski definition) is 4. The van der Waals surface area contributed by atoms with Gasteiger partial charge in [0.25, 0.3) is 0 Å². The lowest BCUT2D eigenvalue weighted by Crippen LogP contribution is -2.41. The van der Waals surface area contributed by atoms with Gasteiger partial charge in [0.15, 0.2) is 0 Å². The number of amides is 1. The van der Waals surface area contributed by atoms with Crippen LogP contribution in [0.25, 0.3) is 5.69 Å². The summed E-state index contributed by atoms with van der Waals surface area (Å²) in [5, 5.41) is 7.75. The Morgan fingerprint density at radius 3 is 2.67 bits per heavy atom. The Morgan fingerprint density at radius 2 is 1.96 bits per heavy atom. The van der Waals surface area contributed by atoms with Gasteiger partial charge >= 0.3 is 0 Å². The molecular weight excluding hydrogens is 304 g/mol. The number of aromatic nitrogens is 2. The average Bonchev–Trinajstić information content (AvgIpc) is 3.38. The van der Waals surface area contributed by atoms with E-state index in [0.29, 0.717) is 25.7 Å². The third-order valence-electron chi connectivity index (χ3n) is 4.46. The summed E-state index contributed by atoms with van der Waals surface area (Å²) in [4.78, 5) is 14.5. The largest absolute Gasteiger partial charge is 0.379 e. The molecule has 1 aromatic heterocycles. The molecule has 0 unspecified atom stereocenters. The fourth-order valence-electron chi connectivity index (χ4n) is 2.98. The first-order valence-electron chi connectivity index (χ1n) is 8.55. The van der Waals surface area contributed by atoms with E-state index in [1.54, 1.807) is 0 Å². The van der Waals surface area contributed by atoms with Crippen LogP contribution in [0, 0.1) is 0 Å². The summed E-state index contributed by atoms with van der Waals surface area (Å²) in [6.07, 6.45) is 2.37. The van der Waals surface area contributed by atoms with Crippen LogP contribution in [0.3, 0.4) is 0 Å². The molecule has 6 heteroatoms. The molecule has 24 heavy (non-hydrogen) atoms. The first-order chi connectivity index (χ1) is 11.8. The minimum atomic E-state index is -0.00340. The predicted molar refractivity (Wildman–Crippen MR) is 91.4 cm³/mol. The summed E-state index contributed by atoms with van der Waals surface area (Å²) in [6, 6.07) is 12.0. The summed E-state index contributed by atoms with van der Waals surface area (Å²) in [6.45, 7) is 3.39. The lowest BCUT2D eigenvalue weighted by molar-refractivity contribution is -0.118. The van der Waals surface area contributed by atoms with E-state index in [-0.39, 0.29) is 5.91 Å². The number of para-hydroxylation sites is 1. The van der Waals surface area contributed by atoms with Crippen molar-refractivity contribution in [2.75, 3.05) is 38.2 Å². The van der Waals surface area contributed by atoms with Crippen molar-refractivity contribution >= 4 is 11.7 Å². The van der Waals surface area contributed by atoms with Gasteiger partial charge in [0, 0.05) is 25.1 Å². The summed E-state index contributed by atoms with van der Waals surface area (Å²) >= 11 is 0. The van der Waals surface area contributed by atoms with Gasteiger partial charge < -0.3 is 10.1 Å². The van der Waals surface area contributed by atoms with Gasteiger partial charge in [-0.2, -0.15) is 5.10 Å². The maximum absolute atomic E-state index is 12.4. The normalized spacial score (nSPS) is 18.5. The molecule has 6 nitrogen and oxygen atoms in total. The quantitative estimate of drug-likeness (QED) is 0.913. The maximum Gasteiger partial charge on any atom is 0.239 e. The van der Waals surface area contributed by atoms with Gasteiger partial charge in [0.05, 0.1) is 31.1 Å². The highest BCUT2D eigenvalue weighted by atomic mass is 16.5. The molecule has 2 heterocycles. The van der Waals surface area contributed by atoms with Crippen molar-refractivity contribution in [3.05, 3.63) is 42.1 Å². The first kappa shape index (κ1) is 15.4. The van der Waals surface area contributed by atoms with E-state index in [1.807, 2.05) is 41.1 Å². The lowest BCUT2D eigenvalue weighted by Gasteiger charge is -2.25. The van der Waals surface area contributed by atoms with Crippen LogP contribution in [0.5, 0.6) is 0 Å². The monoisotopic (exact) mass is 326 g/mol. The van der Waals surface area contributed by atoms with Crippen LogP contribution in [-0.4, -0.2) is 53.4 Å². The molecule has 1 aromatic carbocycles. The highest BCUT2D eigenvalue weighted by molar-refractivity contribution is 5.91. The number of rotatable bonds is 5. The van der Waals surface area contributed by atoms with Gasteiger partial charge in [-0.1, -0.05) is 18.2 Å². The van der Waals surface area contributed by atoms with Crippen molar-refractivity contribution in [1.29, 1.82) is 0 Å². The SMILES string of the molecule is O=C(CN1CCOCC1)Nc1cc(C2CC2)nn1-c1ccccc1. The molecule has 1 aliphatic carbocycles. The minimum absolute atomic E-state index is 0.00340. The number of nitrogens with zero attached hydrogens (tertiary/aromatic N) is 3. The van der Waals surface area contributed by atoms with Gasteiger partial charge in [0.2, 0.25) is 5.91 Å². The van der Waals surface area contributed by atoms with Gasteiger partial charge in [-0.05, 0) is 25.0 Å². The molecule has 1 amide bonds. The molecule has 126 valence electrons. The zero-order valence-electron chi connectivity index (χ0n) is 13.6. The number of carbonyl (C=O) groups excluding carboxylic acids is 1. The van der Waals surface area contributed by atoms with Crippen LogP contribution < -0.4 is 5.32 Å². The van der Waals surface area contributed by atoms with Crippen LogP contribution >= 0.6 is 0 Å². The maximum atomic E-state index is 12.4. The number of nitrogens with one attached hydrogen (secondary N) is 1. The molecule has 0 atom stereocenters. The molecule has 0 radical (unpaired) electrons. The zero-order chi connectivity index (χ0) is 16.4. The van der Waals surface area contributed by atoms with Crippen LogP contribution in [0.1, 0.15) is 24.5 Å². The molecule has 1 saturated carbocycles. The number of hydrogen-bond donors (Lipinski definition) is 1. The van der Waals surface area contributed by atoms with E-state index < -0.39 is 0 Å². The zero-order valence-corrected chi connectivity index (χ0v) is 13.6. The lowest BCUT2D eigenvalue weighted by atomic mass is 10.3. The van der Waals surface area contributed by atoms with E-state index in [2.05, 4.69) is 10.2 Å². The van der Waals surface area contributed by atoms with Crippen molar-refractivity contribution in [2.24, 2.45) is 0 Å². The fraction of sp³-hybridized carbons (Fsp3) is 0.444. The van der Waals surface area contributed by atoms with Crippen LogP contribution in [-0.2, 0) is 9.53 Å². The van der Waals surface area contributed by atoms with Crippen molar-refractivity contribution < 1.29 is 9.53 Å². The molecule has 1 aliphatic heterocycles. The summed E-state index contributed by atoms with van der Waals surface area (Å²) < 4.78 is 7.16. The highest BCUT2D eigenvalue weighted by Gasteiger charge is 2.28. The predicted octanol–water partition coefficient (Wildman–Crippen LogP) is 2.02. The Bertz CT molecular complexity index is 703. The first-order valence-corrected chi connectivity index (χ1v) is 8.55. The third kappa shape index (κ3) is 3.49. The van der Waals surface area contributed by atoms with E-state index in [4.69, 9.17) is 9.84 Å². The van der Waals surface area contributed by atoms with Gasteiger partial charge in [-0.3, -0.25) is 9.69 Å². The van der Waals surface area contributed by atoms with E-state index in [1.165, 1.54) is 12.8 Å².